The second-order valence-electron chi connectivity index (χ2n) is 5.47. The lowest BCUT2D eigenvalue weighted by Crippen LogP contribution is -2.49. The summed E-state index contributed by atoms with van der Waals surface area (Å²) in [6.07, 6.45) is 0. The van der Waals surface area contributed by atoms with E-state index in [0.29, 0.717) is 25.2 Å². The molecular formula is C15H16FN5O3. The van der Waals surface area contributed by atoms with Crippen LogP contribution in [-0.4, -0.2) is 40.4 Å². The first-order valence-corrected chi connectivity index (χ1v) is 7.36. The van der Waals surface area contributed by atoms with Crippen molar-refractivity contribution in [1.82, 2.24) is 20.2 Å². The second-order valence-corrected chi connectivity index (χ2v) is 5.47. The molecule has 1 amide bonds. The number of aromatic nitrogens is 2. The monoisotopic (exact) mass is 333 g/mol. The molecule has 5 N–H and O–H groups in total. The van der Waals surface area contributed by atoms with Crippen LogP contribution in [0.3, 0.4) is 0 Å². The average Bonchev–Trinajstić information content (AvgIpc) is 2.57. The number of nitrogen functional groups attached to an aromatic ring is 1. The van der Waals surface area contributed by atoms with Gasteiger partial charge in [0.25, 0.3) is 11.5 Å². The summed E-state index contributed by atoms with van der Waals surface area (Å²) in [6.45, 7) is 1.28. The Hall–Kier alpha value is -2.94. The van der Waals surface area contributed by atoms with E-state index in [2.05, 4.69) is 10.3 Å². The van der Waals surface area contributed by atoms with Gasteiger partial charge in [-0.1, -0.05) is 12.1 Å². The van der Waals surface area contributed by atoms with Crippen LogP contribution in [0.2, 0.25) is 0 Å². The fourth-order valence-electron chi connectivity index (χ4n) is 2.77. The third kappa shape index (κ3) is 2.93. The molecule has 1 unspecified atom stereocenters. The van der Waals surface area contributed by atoms with Gasteiger partial charge in [0.1, 0.15) is 17.2 Å². The number of carbonyl (C=O) groups excluding carboxylic acids is 1. The van der Waals surface area contributed by atoms with Crippen molar-refractivity contribution in [2.24, 2.45) is 0 Å². The van der Waals surface area contributed by atoms with E-state index in [-0.39, 0.29) is 11.4 Å². The number of amides is 1. The number of rotatable bonds is 2. The number of nitrogens with zero attached hydrogens (tertiary/aromatic N) is 1. The highest BCUT2D eigenvalue weighted by Crippen LogP contribution is 2.24. The minimum absolute atomic E-state index is 0.257. The van der Waals surface area contributed by atoms with Crippen LogP contribution in [0.4, 0.5) is 10.1 Å². The molecule has 8 nitrogen and oxygen atoms in total. The smallest absolute Gasteiger partial charge is 0.326 e. The molecule has 0 aliphatic carbocycles. The van der Waals surface area contributed by atoms with E-state index in [9.17, 15) is 18.8 Å². The lowest BCUT2D eigenvalue weighted by Gasteiger charge is -2.36. The molecule has 1 aromatic heterocycles. The SMILES string of the molecule is Nc1c(C(=O)N2CCNCC2c2cccc(F)c2)[nH]c(=O)[nH]c1=O. The van der Waals surface area contributed by atoms with Crippen LogP contribution in [0, 0.1) is 5.82 Å². The molecule has 0 bridgehead atoms. The molecule has 9 heteroatoms. The molecular weight excluding hydrogens is 317 g/mol. The summed E-state index contributed by atoms with van der Waals surface area (Å²) in [7, 11) is 0. The molecule has 0 radical (unpaired) electrons. The molecule has 2 heterocycles. The zero-order chi connectivity index (χ0) is 17.3. The zero-order valence-electron chi connectivity index (χ0n) is 12.6. The number of hydrogen-bond acceptors (Lipinski definition) is 5. The molecule has 24 heavy (non-hydrogen) atoms. The Kier molecular flexibility index (Phi) is 4.17. The first kappa shape index (κ1) is 15.9. The van der Waals surface area contributed by atoms with Gasteiger partial charge in [0.15, 0.2) is 0 Å². The first-order chi connectivity index (χ1) is 11.5. The summed E-state index contributed by atoms with van der Waals surface area (Å²) in [6, 6.07) is 5.50. The summed E-state index contributed by atoms with van der Waals surface area (Å²) in [5, 5.41) is 3.14. The van der Waals surface area contributed by atoms with Gasteiger partial charge >= 0.3 is 5.69 Å². The third-order valence-electron chi connectivity index (χ3n) is 3.93. The van der Waals surface area contributed by atoms with Crippen LogP contribution in [0.15, 0.2) is 33.9 Å². The predicted molar refractivity (Wildman–Crippen MR) is 85.1 cm³/mol. The Bertz CT molecular complexity index is 891. The maximum Gasteiger partial charge on any atom is 0.326 e. The minimum atomic E-state index is -0.820. The number of nitrogens with two attached hydrogens (primary N) is 1. The normalized spacial score (nSPS) is 17.7. The molecule has 0 saturated carbocycles. The van der Waals surface area contributed by atoms with Gasteiger partial charge in [-0.05, 0) is 17.7 Å². The van der Waals surface area contributed by atoms with E-state index in [1.807, 2.05) is 4.98 Å². The number of nitrogens with one attached hydrogen (secondary N) is 3. The molecule has 3 rings (SSSR count). The number of hydrogen-bond donors (Lipinski definition) is 4. The van der Waals surface area contributed by atoms with Crippen LogP contribution >= 0.6 is 0 Å². The van der Waals surface area contributed by atoms with Crippen molar-refractivity contribution >= 4 is 11.6 Å². The van der Waals surface area contributed by atoms with Crippen LogP contribution in [0.5, 0.6) is 0 Å². The minimum Gasteiger partial charge on any atom is -0.392 e. The Morgan fingerprint density at radius 3 is 2.83 bits per heavy atom. The zero-order valence-corrected chi connectivity index (χ0v) is 12.6. The Morgan fingerprint density at radius 2 is 2.08 bits per heavy atom. The molecule has 0 spiro atoms. The molecule has 1 aromatic carbocycles. The van der Waals surface area contributed by atoms with Gasteiger partial charge < -0.3 is 20.9 Å². The fraction of sp³-hybridized carbons (Fsp3) is 0.267. The first-order valence-electron chi connectivity index (χ1n) is 7.36. The number of H-pyrrole nitrogens is 2. The van der Waals surface area contributed by atoms with Crippen LogP contribution < -0.4 is 22.3 Å². The van der Waals surface area contributed by atoms with E-state index >= 15 is 0 Å². The quantitative estimate of drug-likeness (QED) is 0.594. The van der Waals surface area contributed by atoms with Crippen molar-refractivity contribution in [3.63, 3.8) is 0 Å². The highest BCUT2D eigenvalue weighted by atomic mass is 19.1. The average molecular weight is 333 g/mol. The van der Waals surface area contributed by atoms with Gasteiger partial charge in [-0.2, -0.15) is 0 Å². The molecule has 1 fully saturated rings. The topological polar surface area (TPSA) is 124 Å². The van der Waals surface area contributed by atoms with Gasteiger partial charge in [0.05, 0.1) is 6.04 Å². The van der Waals surface area contributed by atoms with E-state index < -0.39 is 29.0 Å². The molecule has 1 aliphatic rings. The summed E-state index contributed by atoms with van der Waals surface area (Å²) in [5.41, 5.74) is 4.00. The van der Waals surface area contributed by atoms with Gasteiger partial charge in [-0.15, -0.1) is 0 Å². The lowest BCUT2D eigenvalue weighted by molar-refractivity contribution is 0.0628. The highest BCUT2D eigenvalue weighted by molar-refractivity contribution is 5.97. The van der Waals surface area contributed by atoms with Gasteiger partial charge in [-0.25, -0.2) is 9.18 Å². The Labute approximate surface area is 135 Å². The molecule has 2 aromatic rings. The maximum absolute atomic E-state index is 13.5. The van der Waals surface area contributed by atoms with Gasteiger partial charge in [0.2, 0.25) is 0 Å². The lowest BCUT2D eigenvalue weighted by atomic mass is 10.0. The van der Waals surface area contributed by atoms with Crippen molar-refractivity contribution < 1.29 is 9.18 Å². The summed E-state index contributed by atoms with van der Waals surface area (Å²) >= 11 is 0. The maximum atomic E-state index is 13.5. The number of aromatic amines is 2. The van der Waals surface area contributed by atoms with E-state index in [0.717, 1.165) is 0 Å². The second kappa shape index (κ2) is 6.28. The number of piperazine rings is 1. The Balaban J connectivity index is 2.01. The summed E-state index contributed by atoms with van der Waals surface area (Å²) < 4.78 is 13.5. The molecule has 1 atom stereocenters. The van der Waals surface area contributed by atoms with Crippen LogP contribution in [0.25, 0.3) is 0 Å². The molecule has 1 aliphatic heterocycles. The molecule has 126 valence electrons. The number of benzene rings is 1. The molecule has 1 saturated heterocycles. The summed E-state index contributed by atoms with van der Waals surface area (Å²) in [4.78, 5) is 41.6. The standard InChI is InChI=1S/C15H16FN5O3/c16-9-3-1-2-8(6-9)10-7-18-4-5-21(10)14(23)12-11(17)13(22)20-15(24)19-12/h1-3,6,10,18H,4-5,7,17H2,(H2,19,20,22,24). The van der Waals surface area contributed by atoms with Crippen LogP contribution in [-0.2, 0) is 0 Å². The number of anilines is 1. The highest BCUT2D eigenvalue weighted by Gasteiger charge is 2.30. The van der Waals surface area contributed by atoms with Crippen molar-refractivity contribution in [3.8, 4) is 0 Å². The predicted octanol–water partition coefficient (Wildman–Crippen LogP) is -0.429. The van der Waals surface area contributed by atoms with Crippen molar-refractivity contribution in [2.45, 2.75) is 6.04 Å². The van der Waals surface area contributed by atoms with Crippen LogP contribution in [0.1, 0.15) is 22.1 Å². The number of carbonyl (C=O) groups is 1. The van der Waals surface area contributed by atoms with Crippen molar-refractivity contribution in [3.05, 3.63) is 62.2 Å². The summed E-state index contributed by atoms with van der Waals surface area (Å²) in [5.74, 6) is -0.985. The van der Waals surface area contributed by atoms with Crippen molar-refractivity contribution in [2.75, 3.05) is 25.4 Å². The van der Waals surface area contributed by atoms with Gasteiger partial charge in [-0.3, -0.25) is 14.6 Å². The van der Waals surface area contributed by atoms with E-state index in [4.69, 9.17) is 5.73 Å². The van der Waals surface area contributed by atoms with E-state index in [1.54, 1.807) is 12.1 Å². The Morgan fingerprint density at radius 1 is 1.29 bits per heavy atom. The fourth-order valence-corrected chi connectivity index (χ4v) is 2.77. The van der Waals surface area contributed by atoms with E-state index in [1.165, 1.54) is 17.0 Å². The third-order valence-corrected chi connectivity index (χ3v) is 3.93. The van der Waals surface area contributed by atoms with Crippen molar-refractivity contribution in [1.29, 1.82) is 0 Å². The number of halogens is 1. The van der Waals surface area contributed by atoms with Gasteiger partial charge in [0, 0.05) is 19.6 Å². The largest absolute Gasteiger partial charge is 0.392 e.